The van der Waals surface area contributed by atoms with Gasteiger partial charge in [-0.05, 0) is 30.4 Å². The highest BCUT2D eigenvalue weighted by Gasteiger charge is 2.27. The van der Waals surface area contributed by atoms with E-state index in [0.29, 0.717) is 12.5 Å². The molecule has 158 valence electrons. The van der Waals surface area contributed by atoms with Crippen molar-refractivity contribution in [3.8, 4) is 0 Å². The van der Waals surface area contributed by atoms with Crippen LogP contribution >= 0.6 is 0 Å². The molecule has 5 rings (SSSR count). The lowest BCUT2D eigenvalue weighted by atomic mass is 9.92. The van der Waals surface area contributed by atoms with Gasteiger partial charge in [-0.15, -0.1) is 0 Å². The molecule has 0 radical (unpaired) electrons. The Bertz CT molecular complexity index is 1050. The Balaban J connectivity index is 1.37. The second kappa shape index (κ2) is 8.16. The molecule has 2 aliphatic rings. The zero-order valence-corrected chi connectivity index (χ0v) is 17.2. The van der Waals surface area contributed by atoms with Crippen LogP contribution in [0.5, 0.6) is 0 Å². The molecular weight excluding hydrogens is 382 g/mol. The third-order valence-electron chi connectivity index (χ3n) is 6.34. The van der Waals surface area contributed by atoms with E-state index in [-0.39, 0.29) is 12.5 Å². The molecule has 9 nitrogen and oxygen atoms in total. The Morgan fingerprint density at radius 3 is 2.93 bits per heavy atom. The van der Waals surface area contributed by atoms with Crippen molar-refractivity contribution in [3.63, 3.8) is 0 Å². The van der Waals surface area contributed by atoms with Crippen molar-refractivity contribution in [1.29, 1.82) is 0 Å². The Labute approximate surface area is 175 Å². The van der Waals surface area contributed by atoms with E-state index in [1.54, 1.807) is 6.33 Å². The van der Waals surface area contributed by atoms with E-state index in [0.717, 1.165) is 61.8 Å². The van der Waals surface area contributed by atoms with Crippen molar-refractivity contribution in [2.75, 3.05) is 37.8 Å². The molecule has 1 N–H and O–H groups in total. The molecular formula is C21H27N7O2. The zero-order valence-electron chi connectivity index (χ0n) is 17.2. The summed E-state index contributed by atoms with van der Waals surface area (Å²) in [5.41, 5.74) is 4.11. The van der Waals surface area contributed by atoms with Gasteiger partial charge in [0.15, 0.2) is 17.0 Å². The molecule has 3 aromatic rings. The van der Waals surface area contributed by atoms with Gasteiger partial charge in [0.05, 0.1) is 12.0 Å². The summed E-state index contributed by atoms with van der Waals surface area (Å²) >= 11 is 0. The highest BCUT2D eigenvalue weighted by atomic mass is 16.5. The molecule has 0 aromatic carbocycles. The van der Waals surface area contributed by atoms with E-state index < -0.39 is 0 Å². The molecule has 2 aliphatic heterocycles. The van der Waals surface area contributed by atoms with Gasteiger partial charge in [-0.25, -0.2) is 15.0 Å². The first-order chi connectivity index (χ1) is 14.7. The molecule has 0 amide bonds. The number of rotatable bonds is 6. The van der Waals surface area contributed by atoms with Gasteiger partial charge in [-0.1, -0.05) is 6.08 Å². The van der Waals surface area contributed by atoms with E-state index in [9.17, 15) is 5.11 Å². The second-order valence-electron chi connectivity index (χ2n) is 8.10. The summed E-state index contributed by atoms with van der Waals surface area (Å²) in [6.45, 7) is 3.97. The van der Waals surface area contributed by atoms with Gasteiger partial charge in [0, 0.05) is 58.6 Å². The lowest BCUT2D eigenvalue weighted by molar-refractivity contribution is 0.130. The normalized spacial score (nSPS) is 20.7. The Morgan fingerprint density at radius 2 is 2.23 bits per heavy atom. The van der Waals surface area contributed by atoms with Crippen LogP contribution in [0.25, 0.3) is 16.7 Å². The molecule has 3 aromatic heterocycles. The van der Waals surface area contributed by atoms with Crippen LogP contribution in [0.1, 0.15) is 18.5 Å². The molecule has 2 unspecified atom stereocenters. The van der Waals surface area contributed by atoms with Crippen LogP contribution in [0.3, 0.4) is 0 Å². The molecule has 0 saturated carbocycles. The van der Waals surface area contributed by atoms with Gasteiger partial charge < -0.3 is 19.3 Å². The van der Waals surface area contributed by atoms with Crippen LogP contribution in [-0.4, -0.2) is 67.3 Å². The number of aliphatic hydroxyl groups is 1. The van der Waals surface area contributed by atoms with E-state index in [1.165, 1.54) is 5.57 Å². The molecule has 1 fully saturated rings. The van der Waals surface area contributed by atoms with Gasteiger partial charge in [-0.3, -0.25) is 4.68 Å². The summed E-state index contributed by atoms with van der Waals surface area (Å²) in [7, 11) is 1.97. The number of hydrogen-bond acceptors (Lipinski definition) is 7. The van der Waals surface area contributed by atoms with Crippen molar-refractivity contribution in [1.82, 2.24) is 29.3 Å². The van der Waals surface area contributed by atoms with Crippen LogP contribution in [0.2, 0.25) is 0 Å². The van der Waals surface area contributed by atoms with E-state index in [2.05, 4.69) is 37.1 Å². The third kappa shape index (κ3) is 3.48. The minimum Gasteiger partial charge on any atom is -0.396 e. The van der Waals surface area contributed by atoms with Gasteiger partial charge in [0.2, 0.25) is 0 Å². The molecule has 30 heavy (non-hydrogen) atoms. The Morgan fingerprint density at radius 1 is 1.30 bits per heavy atom. The largest absolute Gasteiger partial charge is 0.396 e. The van der Waals surface area contributed by atoms with Crippen molar-refractivity contribution >= 4 is 22.6 Å². The number of hydrogen-bond donors (Lipinski definition) is 1. The van der Waals surface area contributed by atoms with E-state index in [1.807, 2.05) is 28.8 Å². The Kier molecular flexibility index (Phi) is 5.22. The first-order valence-electron chi connectivity index (χ1n) is 10.5. The van der Waals surface area contributed by atoms with Crippen molar-refractivity contribution < 1.29 is 9.84 Å². The average Bonchev–Trinajstić information content (AvgIpc) is 3.53. The van der Waals surface area contributed by atoms with Gasteiger partial charge in [-0.2, -0.15) is 5.10 Å². The number of imidazole rings is 1. The van der Waals surface area contributed by atoms with Crippen LogP contribution < -0.4 is 4.90 Å². The summed E-state index contributed by atoms with van der Waals surface area (Å²) in [5.74, 6) is 1.39. The minimum atomic E-state index is 0.138. The molecule has 0 bridgehead atoms. The van der Waals surface area contributed by atoms with Crippen LogP contribution in [0.4, 0.5) is 5.82 Å². The number of ether oxygens (including phenoxy) is 1. The number of anilines is 1. The smallest absolute Gasteiger partial charge is 0.165 e. The summed E-state index contributed by atoms with van der Waals surface area (Å²) < 4.78 is 9.47. The quantitative estimate of drug-likeness (QED) is 0.659. The number of fused-ring (bicyclic) bond motifs is 1. The summed E-state index contributed by atoms with van der Waals surface area (Å²) in [6, 6.07) is 2.05. The van der Waals surface area contributed by atoms with Crippen molar-refractivity contribution in [2.45, 2.75) is 19.4 Å². The predicted octanol–water partition coefficient (Wildman–Crippen LogP) is 1.50. The number of aliphatic hydroxyl groups excluding tert-OH is 1. The first kappa shape index (κ1) is 19.2. The molecule has 0 aliphatic carbocycles. The molecule has 5 heterocycles. The van der Waals surface area contributed by atoms with Gasteiger partial charge >= 0.3 is 0 Å². The van der Waals surface area contributed by atoms with Crippen LogP contribution in [0, 0.1) is 11.8 Å². The van der Waals surface area contributed by atoms with E-state index >= 15 is 0 Å². The number of aromatic nitrogens is 6. The molecule has 0 spiro atoms. The summed E-state index contributed by atoms with van der Waals surface area (Å²) in [6.07, 6.45) is 9.44. The molecule has 9 heteroatoms. The van der Waals surface area contributed by atoms with Crippen LogP contribution in [-0.2, 0) is 18.3 Å². The third-order valence-corrected chi connectivity index (χ3v) is 6.34. The average molecular weight is 409 g/mol. The maximum atomic E-state index is 9.90. The highest BCUT2D eigenvalue weighted by molar-refractivity contribution is 5.84. The lowest BCUT2D eigenvalue weighted by Gasteiger charge is -2.27. The predicted molar refractivity (Wildman–Crippen MR) is 113 cm³/mol. The molecule has 1 saturated heterocycles. The fraction of sp³-hybridized carbons (Fsp3) is 0.524. The fourth-order valence-corrected chi connectivity index (χ4v) is 4.55. The maximum absolute atomic E-state index is 9.90. The van der Waals surface area contributed by atoms with Crippen molar-refractivity contribution in [2.24, 2.45) is 18.9 Å². The van der Waals surface area contributed by atoms with Crippen molar-refractivity contribution in [3.05, 3.63) is 36.7 Å². The second-order valence-corrected chi connectivity index (χ2v) is 8.10. The standard InChI is InChI=1S/C21H27N7O2/c1-26-18(2-6-25-26)15-3-7-27(8-4-15)20-19-21(23-13-22-20)28(14-24-19)10-17(11-29)16-5-9-30-12-16/h2-3,6,13-14,16-17,29H,4-5,7-12H2,1H3. The number of aryl methyl sites for hydroxylation is 1. The summed E-state index contributed by atoms with van der Waals surface area (Å²) in [4.78, 5) is 15.9. The highest BCUT2D eigenvalue weighted by Crippen LogP contribution is 2.29. The lowest BCUT2D eigenvalue weighted by Crippen LogP contribution is -2.29. The topological polar surface area (TPSA) is 94.1 Å². The minimum absolute atomic E-state index is 0.138. The SMILES string of the molecule is Cn1nccc1C1=CCN(c2ncnc3c2ncn3CC(CO)C2CCOC2)CC1. The maximum Gasteiger partial charge on any atom is 0.165 e. The Hall–Kier alpha value is -2.78. The van der Waals surface area contributed by atoms with Crippen LogP contribution in [0.15, 0.2) is 31.0 Å². The van der Waals surface area contributed by atoms with E-state index in [4.69, 9.17) is 4.74 Å². The zero-order chi connectivity index (χ0) is 20.5. The number of nitrogens with zero attached hydrogens (tertiary/aromatic N) is 7. The fourth-order valence-electron chi connectivity index (χ4n) is 4.55. The monoisotopic (exact) mass is 409 g/mol. The van der Waals surface area contributed by atoms with Gasteiger partial charge in [0.1, 0.15) is 6.33 Å². The molecule has 2 atom stereocenters. The summed E-state index contributed by atoms with van der Waals surface area (Å²) in [5, 5.41) is 14.2. The first-order valence-corrected chi connectivity index (χ1v) is 10.5. The van der Waals surface area contributed by atoms with Gasteiger partial charge in [0.25, 0.3) is 0 Å².